The molecule has 0 amide bonds. The summed E-state index contributed by atoms with van der Waals surface area (Å²) in [6.45, 7) is 1.28. The Morgan fingerprint density at radius 3 is 3.00 bits per heavy atom. The molecule has 1 aromatic heterocycles. The minimum atomic E-state index is -0.113. The maximum Gasteiger partial charge on any atom is 0.258 e. The molecule has 0 saturated carbocycles. The van der Waals surface area contributed by atoms with Gasteiger partial charge in [0.05, 0.1) is 0 Å². The first kappa shape index (κ1) is 10.7. The highest BCUT2D eigenvalue weighted by atomic mass is 16.5. The average molecular weight is 218 g/mol. The highest BCUT2D eigenvalue weighted by Gasteiger charge is 2.01. The van der Waals surface area contributed by atoms with Crippen LogP contribution >= 0.6 is 0 Å². The standard InChI is InChI=1S/C12H14N2O2/c1-13-6-7-16-11-8-9-4-2-3-5-10(9)12(15)14-11/h2-5,8,13H,6-7H2,1H3,(H,14,15). The molecule has 0 saturated heterocycles. The zero-order chi connectivity index (χ0) is 11.4. The van der Waals surface area contributed by atoms with Gasteiger partial charge in [-0.25, -0.2) is 0 Å². The van der Waals surface area contributed by atoms with Crippen molar-refractivity contribution < 1.29 is 4.74 Å². The molecule has 1 aromatic carbocycles. The summed E-state index contributed by atoms with van der Waals surface area (Å²) in [5.41, 5.74) is -0.113. The molecule has 2 rings (SSSR count). The van der Waals surface area contributed by atoms with Crippen molar-refractivity contribution in [2.24, 2.45) is 0 Å². The van der Waals surface area contributed by atoms with Gasteiger partial charge in [0.2, 0.25) is 0 Å². The van der Waals surface area contributed by atoms with Crippen LogP contribution in [0.3, 0.4) is 0 Å². The highest BCUT2D eigenvalue weighted by Crippen LogP contribution is 2.13. The molecule has 0 radical (unpaired) electrons. The topological polar surface area (TPSA) is 54.1 Å². The minimum absolute atomic E-state index is 0.113. The number of rotatable bonds is 4. The Balaban J connectivity index is 2.31. The molecule has 4 nitrogen and oxygen atoms in total. The van der Waals surface area contributed by atoms with Crippen LogP contribution in [0.2, 0.25) is 0 Å². The fourth-order valence-corrected chi connectivity index (χ4v) is 1.53. The van der Waals surface area contributed by atoms with Crippen LogP contribution in [0.4, 0.5) is 0 Å². The molecule has 2 N–H and O–H groups in total. The van der Waals surface area contributed by atoms with Gasteiger partial charge in [0.15, 0.2) is 5.88 Å². The van der Waals surface area contributed by atoms with Gasteiger partial charge in [-0.1, -0.05) is 18.2 Å². The first-order valence-electron chi connectivity index (χ1n) is 5.21. The van der Waals surface area contributed by atoms with E-state index in [9.17, 15) is 4.79 Å². The molecule has 0 atom stereocenters. The van der Waals surface area contributed by atoms with Crippen LogP contribution in [0.25, 0.3) is 10.8 Å². The summed E-state index contributed by atoms with van der Waals surface area (Å²) in [5.74, 6) is 0.513. The number of H-pyrrole nitrogens is 1. The van der Waals surface area contributed by atoms with E-state index in [0.717, 1.165) is 11.9 Å². The minimum Gasteiger partial charge on any atom is -0.478 e. The number of fused-ring (bicyclic) bond motifs is 1. The fourth-order valence-electron chi connectivity index (χ4n) is 1.53. The number of benzene rings is 1. The number of hydrogen-bond acceptors (Lipinski definition) is 3. The van der Waals surface area contributed by atoms with E-state index in [4.69, 9.17) is 4.74 Å². The lowest BCUT2D eigenvalue weighted by atomic mass is 10.2. The molecule has 2 aromatic rings. The third kappa shape index (κ3) is 2.23. The second-order valence-corrected chi connectivity index (χ2v) is 3.50. The zero-order valence-corrected chi connectivity index (χ0v) is 9.12. The van der Waals surface area contributed by atoms with Gasteiger partial charge in [-0.2, -0.15) is 0 Å². The third-order valence-electron chi connectivity index (χ3n) is 2.34. The van der Waals surface area contributed by atoms with Crippen molar-refractivity contribution in [3.63, 3.8) is 0 Å². The number of nitrogens with one attached hydrogen (secondary N) is 2. The van der Waals surface area contributed by atoms with Crippen LogP contribution in [-0.2, 0) is 0 Å². The molecule has 0 aliphatic heterocycles. The van der Waals surface area contributed by atoms with Gasteiger partial charge in [-0.15, -0.1) is 0 Å². The Bertz CT molecular complexity index is 534. The van der Waals surface area contributed by atoms with Gasteiger partial charge in [-0.3, -0.25) is 9.78 Å². The van der Waals surface area contributed by atoms with E-state index in [0.29, 0.717) is 17.9 Å². The lowest BCUT2D eigenvalue weighted by Crippen LogP contribution is -2.17. The predicted octanol–water partition coefficient (Wildman–Crippen LogP) is 1.13. The van der Waals surface area contributed by atoms with Crippen molar-refractivity contribution in [2.75, 3.05) is 20.2 Å². The fraction of sp³-hybridized carbons (Fsp3) is 0.250. The van der Waals surface area contributed by atoms with Gasteiger partial charge in [0.1, 0.15) is 6.61 Å². The summed E-state index contributed by atoms with van der Waals surface area (Å²) in [7, 11) is 1.85. The van der Waals surface area contributed by atoms with Crippen LogP contribution in [0.15, 0.2) is 35.1 Å². The maximum absolute atomic E-state index is 11.7. The molecule has 16 heavy (non-hydrogen) atoms. The van der Waals surface area contributed by atoms with Gasteiger partial charge < -0.3 is 10.1 Å². The molecule has 0 aliphatic carbocycles. The van der Waals surface area contributed by atoms with Crippen LogP contribution < -0.4 is 15.6 Å². The Labute approximate surface area is 93.3 Å². The van der Waals surface area contributed by atoms with Gasteiger partial charge in [-0.05, 0) is 18.5 Å². The number of pyridine rings is 1. The summed E-state index contributed by atoms with van der Waals surface area (Å²) in [6.07, 6.45) is 0. The molecule has 0 unspecified atom stereocenters. The molecule has 1 heterocycles. The molecule has 0 spiro atoms. The molecule has 84 valence electrons. The molecule has 0 fully saturated rings. The van der Waals surface area contributed by atoms with Crippen molar-refractivity contribution >= 4 is 10.8 Å². The van der Waals surface area contributed by atoms with E-state index in [1.54, 1.807) is 6.07 Å². The summed E-state index contributed by atoms with van der Waals surface area (Å²) < 4.78 is 5.42. The summed E-state index contributed by atoms with van der Waals surface area (Å²) in [6, 6.07) is 9.28. The van der Waals surface area contributed by atoms with E-state index in [1.165, 1.54) is 0 Å². The van der Waals surface area contributed by atoms with Crippen molar-refractivity contribution in [1.29, 1.82) is 0 Å². The SMILES string of the molecule is CNCCOc1cc2ccccc2c(=O)[nH]1. The summed E-state index contributed by atoms with van der Waals surface area (Å²) in [4.78, 5) is 14.4. The van der Waals surface area contributed by atoms with Gasteiger partial charge in [0.25, 0.3) is 5.56 Å². The molecule has 4 heteroatoms. The van der Waals surface area contributed by atoms with E-state index >= 15 is 0 Å². The maximum atomic E-state index is 11.7. The van der Waals surface area contributed by atoms with Crippen LogP contribution in [0, 0.1) is 0 Å². The quantitative estimate of drug-likeness (QED) is 0.756. The largest absolute Gasteiger partial charge is 0.478 e. The van der Waals surface area contributed by atoms with Crippen molar-refractivity contribution in [3.05, 3.63) is 40.7 Å². The lowest BCUT2D eigenvalue weighted by molar-refractivity contribution is 0.306. The number of ether oxygens (including phenoxy) is 1. The normalized spacial score (nSPS) is 10.6. The van der Waals surface area contributed by atoms with Crippen LogP contribution in [0.1, 0.15) is 0 Å². The molecule has 0 bridgehead atoms. The van der Waals surface area contributed by atoms with Crippen molar-refractivity contribution in [1.82, 2.24) is 10.3 Å². The van der Waals surface area contributed by atoms with Crippen LogP contribution in [-0.4, -0.2) is 25.2 Å². The monoisotopic (exact) mass is 218 g/mol. The molecular weight excluding hydrogens is 204 g/mol. The number of hydrogen-bond donors (Lipinski definition) is 2. The number of likely N-dealkylation sites (N-methyl/N-ethyl adjacent to an activating group) is 1. The van der Waals surface area contributed by atoms with Crippen molar-refractivity contribution in [2.45, 2.75) is 0 Å². The average Bonchev–Trinajstić information content (AvgIpc) is 2.30. The summed E-state index contributed by atoms with van der Waals surface area (Å²) in [5, 5.41) is 4.55. The van der Waals surface area contributed by atoms with Crippen molar-refractivity contribution in [3.8, 4) is 5.88 Å². The second kappa shape index (κ2) is 4.81. The van der Waals surface area contributed by atoms with E-state index in [1.807, 2.05) is 31.3 Å². The third-order valence-corrected chi connectivity index (χ3v) is 2.34. The Morgan fingerprint density at radius 2 is 2.19 bits per heavy atom. The number of aromatic nitrogens is 1. The van der Waals surface area contributed by atoms with Crippen LogP contribution in [0.5, 0.6) is 5.88 Å². The smallest absolute Gasteiger partial charge is 0.258 e. The summed E-state index contributed by atoms with van der Waals surface area (Å²) >= 11 is 0. The first-order valence-corrected chi connectivity index (χ1v) is 5.21. The zero-order valence-electron chi connectivity index (χ0n) is 9.12. The predicted molar refractivity (Wildman–Crippen MR) is 64.0 cm³/mol. The first-order chi connectivity index (χ1) is 7.81. The van der Waals surface area contributed by atoms with Gasteiger partial charge >= 0.3 is 0 Å². The Morgan fingerprint density at radius 1 is 1.38 bits per heavy atom. The highest BCUT2D eigenvalue weighted by molar-refractivity contribution is 5.82. The number of aromatic amines is 1. The molecule has 0 aliphatic rings. The second-order valence-electron chi connectivity index (χ2n) is 3.50. The Kier molecular flexibility index (Phi) is 3.22. The van der Waals surface area contributed by atoms with E-state index in [2.05, 4.69) is 10.3 Å². The van der Waals surface area contributed by atoms with E-state index in [-0.39, 0.29) is 5.56 Å². The molecular formula is C12H14N2O2. The lowest BCUT2D eigenvalue weighted by Gasteiger charge is -2.06. The Hall–Kier alpha value is -1.81. The van der Waals surface area contributed by atoms with Gasteiger partial charge in [0, 0.05) is 18.0 Å². The van der Waals surface area contributed by atoms with E-state index < -0.39 is 0 Å².